The number of amides is 1. The van der Waals surface area contributed by atoms with Gasteiger partial charge in [0.2, 0.25) is 0 Å². The van der Waals surface area contributed by atoms with Crippen molar-refractivity contribution in [3.8, 4) is 5.75 Å². The van der Waals surface area contributed by atoms with E-state index in [4.69, 9.17) is 4.74 Å². The molecule has 0 bridgehead atoms. The molecule has 0 fully saturated rings. The fraction of sp³-hybridized carbons (Fsp3) is 0.435. The van der Waals surface area contributed by atoms with E-state index in [1.54, 1.807) is 7.11 Å². The summed E-state index contributed by atoms with van der Waals surface area (Å²) in [7, 11) is 1.77. The van der Waals surface area contributed by atoms with Crippen molar-refractivity contribution in [1.82, 2.24) is 10.6 Å². The van der Waals surface area contributed by atoms with Crippen molar-refractivity contribution in [3.05, 3.63) is 58.7 Å². The number of thioether (sulfide) groups is 1. The lowest BCUT2D eigenvalue weighted by Crippen LogP contribution is -2.23. The lowest BCUT2D eigenvalue weighted by atomic mass is 9.80. The summed E-state index contributed by atoms with van der Waals surface area (Å²) in [5.74, 6) is 1.69. The van der Waals surface area contributed by atoms with Gasteiger partial charge in [0.05, 0.1) is 7.11 Å². The first-order valence-corrected chi connectivity index (χ1v) is 11.0. The molecule has 0 radical (unpaired) electrons. The molecule has 2 aromatic rings. The molecule has 0 saturated carbocycles. The van der Waals surface area contributed by atoms with Gasteiger partial charge < -0.3 is 15.4 Å². The molecule has 1 amide bonds. The third-order valence-corrected chi connectivity index (χ3v) is 6.77. The van der Waals surface area contributed by atoms with E-state index in [0.717, 1.165) is 36.6 Å². The Labute approximate surface area is 171 Å². The number of fused-ring (bicyclic) bond motifs is 2. The van der Waals surface area contributed by atoms with Crippen LogP contribution in [-0.4, -0.2) is 25.4 Å². The summed E-state index contributed by atoms with van der Waals surface area (Å²) in [6.45, 7) is 2.67. The molecular weight excluding hydrogens is 368 g/mol. The normalized spacial score (nSPS) is 18.2. The number of methoxy groups -OCH3 is 1. The molecule has 2 aromatic carbocycles. The predicted molar refractivity (Wildman–Crippen MR) is 114 cm³/mol. The van der Waals surface area contributed by atoms with Gasteiger partial charge in [-0.3, -0.25) is 4.79 Å². The van der Waals surface area contributed by atoms with Gasteiger partial charge >= 0.3 is 0 Å². The van der Waals surface area contributed by atoms with Crippen molar-refractivity contribution in [2.75, 3.05) is 20.2 Å². The first-order chi connectivity index (χ1) is 13.7. The molecule has 5 heteroatoms. The highest BCUT2D eigenvalue weighted by atomic mass is 32.2. The van der Waals surface area contributed by atoms with Gasteiger partial charge in [0.15, 0.2) is 0 Å². The van der Waals surface area contributed by atoms with Crippen molar-refractivity contribution >= 4 is 17.0 Å². The fourth-order valence-electron chi connectivity index (χ4n) is 4.37. The van der Waals surface area contributed by atoms with Crippen molar-refractivity contribution in [1.29, 1.82) is 0 Å². The molecule has 0 spiro atoms. The average Bonchev–Trinajstić information content (AvgIpc) is 2.73. The molecule has 4 rings (SSSR count). The molecular formula is C23H28N2O2S. The van der Waals surface area contributed by atoms with Gasteiger partial charge in [-0.05, 0) is 97.3 Å². The largest absolute Gasteiger partial charge is 0.496 e. The quantitative estimate of drug-likeness (QED) is 0.669. The van der Waals surface area contributed by atoms with Gasteiger partial charge in [-0.1, -0.05) is 24.3 Å². The van der Waals surface area contributed by atoms with Gasteiger partial charge in [0, 0.05) is 11.4 Å². The van der Waals surface area contributed by atoms with E-state index in [1.165, 1.54) is 53.3 Å². The number of carbonyl (C=O) groups is 1. The zero-order valence-corrected chi connectivity index (χ0v) is 17.2. The van der Waals surface area contributed by atoms with Gasteiger partial charge in [0.1, 0.15) is 5.75 Å². The average molecular weight is 397 g/mol. The summed E-state index contributed by atoms with van der Waals surface area (Å²) in [5, 5.41) is 6.56. The minimum Gasteiger partial charge on any atom is -0.496 e. The number of benzene rings is 2. The predicted octanol–water partition coefficient (Wildman–Crippen LogP) is 4.65. The number of rotatable bonds is 7. The highest BCUT2D eigenvalue weighted by Crippen LogP contribution is 2.38. The summed E-state index contributed by atoms with van der Waals surface area (Å²) in [6, 6.07) is 13.0. The monoisotopic (exact) mass is 396 g/mol. The van der Waals surface area contributed by atoms with Crippen LogP contribution in [0, 0.1) is 0 Å². The van der Waals surface area contributed by atoms with Crippen LogP contribution >= 0.6 is 11.8 Å². The maximum absolute atomic E-state index is 11.4. The third kappa shape index (κ3) is 4.36. The van der Waals surface area contributed by atoms with Crippen molar-refractivity contribution in [2.45, 2.75) is 49.5 Å². The number of nitrogens with one attached hydrogen (secondary N) is 2. The smallest absolute Gasteiger partial charge is 0.284 e. The van der Waals surface area contributed by atoms with Crippen LogP contribution in [0.2, 0.25) is 0 Å². The number of hydrogen-bond donors (Lipinski definition) is 2. The second-order valence-electron chi connectivity index (χ2n) is 7.59. The Bertz CT molecular complexity index is 852. The Morgan fingerprint density at radius 1 is 1.25 bits per heavy atom. The molecule has 1 aliphatic heterocycles. The molecule has 148 valence electrons. The highest BCUT2D eigenvalue weighted by Gasteiger charge is 2.22. The highest BCUT2D eigenvalue weighted by molar-refractivity contribution is 8.13. The Hall–Kier alpha value is -1.98. The van der Waals surface area contributed by atoms with Crippen LogP contribution < -0.4 is 15.4 Å². The Morgan fingerprint density at radius 2 is 2.18 bits per heavy atom. The van der Waals surface area contributed by atoms with Crippen molar-refractivity contribution < 1.29 is 9.53 Å². The number of carbonyl (C=O) groups excluding carboxylic acids is 1. The summed E-state index contributed by atoms with van der Waals surface area (Å²) in [4.78, 5) is 12.5. The zero-order valence-electron chi connectivity index (χ0n) is 16.4. The van der Waals surface area contributed by atoms with Crippen LogP contribution in [0.3, 0.4) is 0 Å². The lowest BCUT2D eigenvalue weighted by molar-refractivity contribution is 0.260. The Balaban J connectivity index is 1.26. The maximum Gasteiger partial charge on any atom is 0.284 e. The van der Waals surface area contributed by atoms with E-state index in [9.17, 15) is 4.79 Å². The molecule has 2 aliphatic rings. The maximum atomic E-state index is 11.4. The molecule has 0 saturated heterocycles. The third-order valence-electron chi connectivity index (χ3n) is 5.82. The van der Waals surface area contributed by atoms with Crippen LogP contribution in [0.5, 0.6) is 5.75 Å². The van der Waals surface area contributed by atoms with E-state index >= 15 is 0 Å². The van der Waals surface area contributed by atoms with E-state index in [1.807, 2.05) is 0 Å². The van der Waals surface area contributed by atoms with Gasteiger partial charge in [-0.2, -0.15) is 0 Å². The summed E-state index contributed by atoms with van der Waals surface area (Å²) in [6.07, 6.45) is 5.85. The van der Waals surface area contributed by atoms with E-state index in [2.05, 4.69) is 47.0 Å². The second-order valence-corrected chi connectivity index (χ2v) is 8.61. The van der Waals surface area contributed by atoms with Crippen molar-refractivity contribution in [2.24, 2.45) is 0 Å². The van der Waals surface area contributed by atoms with Gasteiger partial charge in [-0.25, -0.2) is 0 Å². The Morgan fingerprint density at radius 3 is 3.07 bits per heavy atom. The number of hydrogen-bond acceptors (Lipinski definition) is 4. The molecule has 1 aliphatic carbocycles. The van der Waals surface area contributed by atoms with Crippen LogP contribution in [0.1, 0.15) is 47.4 Å². The molecule has 1 heterocycles. The molecule has 4 nitrogen and oxygen atoms in total. The van der Waals surface area contributed by atoms with Crippen LogP contribution in [0.15, 0.2) is 41.3 Å². The summed E-state index contributed by atoms with van der Waals surface area (Å²) >= 11 is 1.29. The van der Waals surface area contributed by atoms with Gasteiger partial charge in [0.25, 0.3) is 5.24 Å². The van der Waals surface area contributed by atoms with E-state index in [0.29, 0.717) is 12.5 Å². The van der Waals surface area contributed by atoms with Crippen LogP contribution in [0.25, 0.3) is 0 Å². The topological polar surface area (TPSA) is 50.4 Å². The molecule has 1 unspecified atom stereocenters. The lowest BCUT2D eigenvalue weighted by Gasteiger charge is -2.27. The van der Waals surface area contributed by atoms with E-state index < -0.39 is 0 Å². The Kier molecular flexibility index (Phi) is 6.23. The minimum atomic E-state index is 0.0452. The standard InChI is InChI=1S/C23H28N2O2S/c1-27-21-7-3-5-19-17(4-2-6-20(19)21)11-13-24-12-10-16-8-9-22-18(14-16)15-25-23(26)28-22/h3,5,7-9,14,17,24H,2,4,6,10-13,15H2,1H3,(H,25,26). The molecule has 2 N–H and O–H groups in total. The first kappa shape index (κ1) is 19.3. The summed E-state index contributed by atoms with van der Waals surface area (Å²) in [5.41, 5.74) is 5.47. The SMILES string of the molecule is COc1cccc2c1CCCC2CCNCCc1ccc2c(c1)CNC(=O)S2. The summed E-state index contributed by atoms with van der Waals surface area (Å²) < 4.78 is 5.56. The zero-order chi connectivity index (χ0) is 19.3. The van der Waals surface area contributed by atoms with E-state index in [-0.39, 0.29) is 5.24 Å². The van der Waals surface area contributed by atoms with Crippen LogP contribution in [-0.2, 0) is 19.4 Å². The van der Waals surface area contributed by atoms with Crippen molar-refractivity contribution in [3.63, 3.8) is 0 Å². The number of ether oxygens (including phenoxy) is 1. The second kappa shape index (κ2) is 9.01. The van der Waals surface area contributed by atoms with Gasteiger partial charge in [-0.15, -0.1) is 0 Å². The molecule has 0 aromatic heterocycles. The fourth-order valence-corrected chi connectivity index (χ4v) is 5.11. The van der Waals surface area contributed by atoms with Crippen LogP contribution in [0.4, 0.5) is 4.79 Å². The molecule has 1 atom stereocenters. The molecule has 28 heavy (non-hydrogen) atoms. The first-order valence-electron chi connectivity index (χ1n) is 10.2. The minimum absolute atomic E-state index is 0.0452.